The summed E-state index contributed by atoms with van der Waals surface area (Å²) in [5, 5.41) is 7.27. The number of carbonyl (C=O) groups is 1. The maximum absolute atomic E-state index is 12.2. The molecule has 2 aromatic heterocycles. The number of aromatic nitrogens is 1. The number of amides is 2. The van der Waals surface area contributed by atoms with Crippen LogP contribution in [0.25, 0.3) is 5.00 Å². The molecule has 3 rings (SSSR count). The van der Waals surface area contributed by atoms with Crippen molar-refractivity contribution in [3.05, 3.63) is 40.5 Å². The van der Waals surface area contributed by atoms with Crippen LogP contribution in [0.15, 0.2) is 24.5 Å². The zero-order chi connectivity index (χ0) is 17.6. The number of thiophene rings is 1. The second kappa shape index (κ2) is 8.54. The predicted molar refractivity (Wildman–Crippen MR) is 102 cm³/mol. The van der Waals surface area contributed by atoms with Crippen LogP contribution >= 0.6 is 11.3 Å². The molecule has 0 radical (unpaired) electrons. The quantitative estimate of drug-likeness (QED) is 0.737. The van der Waals surface area contributed by atoms with E-state index in [1.807, 2.05) is 23.5 Å². The van der Waals surface area contributed by atoms with Crippen molar-refractivity contribution in [2.75, 3.05) is 20.3 Å². The number of fused-ring (bicyclic) bond motifs is 1. The SMILES string of the molecule is COCCCNC(=O)N[C@H](C)c1c(-n2cccc2)sc2c1CCCC2. The van der Waals surface area contributed by atoms with Crippen LogP contribution in [0.5, 0.6) is 0 Å². The van der Waals surface area contributed by atoms with Crippen LogP contribution in [0.4, 0.5) is 4.79 Å². The van der Waals surface area contributed by atoms with Gasteiger partial charge in [0.05, 0.1) is 6.04 Å². The molecule has 0 spiro atoms. The number of aryl methyl sites for hydroxylation is 1. The van der Waals surface area contributed by atoms with Crippen molar-refractivity contribution in [2.45, 2.75) is 45.1 Å². The lowest BCUT2D eigenvalue weighted by Gasteiger charge is -2.20. The summed E-state index contributed by atoms with van der Waals surface area (Å²) in [4.78, 5) is 13.7. The lowest BCUT2D eigenvalue weighted by molar-refractivity contribution is 0.193. The molecule has 5 nitrogen and oxygen atoms in total. The first-order valence-electron chi connectivity index (χ1n) is 9.01. The molecule has 0 unspecified atom stereocenters. The third kappa shape index (κ3) is 4.25. The van der Waals surface area contributed by atoms with E-state index in [0.717, 1.165) is 19.3 Å². The van der Waals surface area contributed by atoms with E-state index < -0.39 is 0 Å². The van der Waals surface area contributed by atoms with Crippen molar-refractivity contribution in [2.24, 2.45) is 0 Å². The van der Waals surface area contributed by atoms with Crippen LogP contribution in [0.1, 0.15) is 48.2 Å². The third-order valence-electron chi connectivity index (χ3n) is 4.62. The molecule has 25 heavy (non-hydrogen) atoms. The first-order chi connectivity index (χ1) is 12.2. The van der Waals surface area contributed by atoms with Gasteiger partial charge in [0.25, 0.3) is 0 Å². The molecular weight excluding hydrogens is 334 g/mol. The average Bonchev–Trinajstić information content (AvgIpc) is 3.25. The van der Waals surface area contributed by atoms with E-state index in [2.05, 4.69) is 34.5 Å². The molecule has 1 aliphatic carbocycles. The predicted octanol–water partition coefficient (Wildman–Crippen LogP) is 3.81. The maximum Gasteiger partial charge on any atom is 0.315 e. The molecule has 0 aliphatic heterocycles. The van der Waals surface area contributed by atoms with Gasteiger partial charge in [0.2, 0.25) is 0 Å². The van der Waals surface area contributed by atoms with Crippen LogP contribution in [0.3, 0.4) is 0 Å². The lowest BCUT2D eigenvalue weighted by Crippen LogP contribution is -2.38. The normalized spacial score (nSPS) is 14.8. The molecule has 0 saturated carbocycles. The van der Waals surface area contributed by atoms with E-state index in [9.17, 15) is 4.79 Å². The summed E-state index contributed by atoms with van der Waals surface area (Å²) in [6, 6.07) is 3.96. The number of nitrogens with zero attached hydrogens (tertiary/aromatic N) is 1. The Kier molecular flexibility index (Phi) is 6.15. The molecule has 0 saturated heterocycles. The van der Waals surface area contributed by atoms with Gasteiger partial charge in [-0.1, -0.05) is 0 Å². The van der Waals surface area contributed by atoms with Gasteiger partial charge < -0.3 is 19.9 Å². The average molecular weight is 362 g/mol. The topological polar surface area (TPSA) is 55.3 Å². The number of hydrogen-bond donors (Lipinski definition) is 2. The van der Waals surface area contributed by atoms with E-state index in [-0.39, 0.29) is 12.1 Å². The van der Waals surface area contributed by atoms with Crippen LogP contribution in [0.2, 0.25) is 0 Å². The Morgan fingerprint density at radius 3 is 2.84 bits per heavy atom. The van der Waals surface area contributed by atoms with Crippen molar-refractivity contribution < 1.29 is 9.53 Å². The van der Waals surface area contributed by atoms with Crippen LogP contribution in [-0.2, 0) is 17.6 Å². The van der Waals surface area contributed by atoms with E-state index >= 15 is 0 Å². The second-order valence-electron chi connectivity index (χ2n) is 6.49. The molecule has 6 heteroatoms. The minimum absolute atomic E-state index is 0.0158. The van der Waals surface area contributed by atoms with E-state index in [1.54, 1.807) is 7.11 Å². The number of carbonyl (C=O) groups excluding carboxylic acids is 1. The van der Waals surface area contributed by atoms with Crippen LogP contribution in [0, 0.1) is 0 Å². The Hall–Kier alpha value is -1.79. The zero-order valence-corrected chi connectivity index (χ0v) is 15.8. The number of urea groups is 1. The van der Waals surface area contributed by atoms with E-state index in [0.29, 0.717) is 13.2 Å². The minimum atomic E-state index is -0.113. The smallest absolute Gasteiger partial charge is 0.315 e. The Bertz CT molecular complexity index is 694. The minimum Gasteiger partial charge on any atom is -0.385 e. The van der Waals surface area contributed by atoms with Crippen molar-refractivity contribution in [1.29, 1.82) is 0 Å². The summed E-state index contributed by atoms with van der Waals surface area (Å²) in [5.41, 5.74) is 2.73. The van der Waals surface area contributed by atoms with Gasteiger partial charge in [-0.15, -0.1) is 11.3 Å². The molecule has 0 fully saturated rings. The number of methoxy groups -OCH3 is 1. The molecule has 1 aliphatic rings. The van der Waals surface area contributed by atoms with Crippen molar-refractivity contribution in [3.63, 3.8) is 0 Å². The number of hydrogen-bond acceptors (Lipinski definition) is 3. The number of rotatable bonds is 7. The van der Waals surface area contributed by atoms with Gasteiger partial charge in [0, 0.05) is 43.1 Å². The molecule has 136 valence electrons. The molecule has 0 aromatic carbocycles. The van der Waals surface area contributed by atoms with Crippen molar-refractivity contribution in [3.8, 4) is 5.00 Å². The van der Waals surface area contributed by atoms with Crippen molar-refractivity contribution in [1.82, 2.24) is 15.2 Å². The summed E-state index contributed by atoms with van der Waals surface area (Å²) in [5.74, 6) is 0. The second-order valence-corrected chi connectivity index (χ2v) is 7.57. The Balaban J connectivity index is 1.76. The first kappa shape index (κ1) is 18.0. The highest BCUT2D eigenvalue weighted by Crippen LogP contribution is 2.40. The fourth-order valence-electron chi connectivity index (χ4n) is 3.42. The standard InChI is InChI=1S/C19H27N3O2S/c1-14(21-19(23)20-10-7-13-24-2)17-15-8-3-4-9-16(15)25-18(17)22-11-5-6-12-22/h5-6,11-12,14H,3-4,7-10,13H2,1-2H3,(H2,20,21,23)/t14-/m1/s1. The number of nitrogens with one attached hydrogen (secondary N) is 2. The lowest BCUT2D eigenvalue weighted by atomic mass is 9.93. The van der Waals surface area contributed by atoms with Crippen LogP contribution in [-0.4, -0.2) is 30.9 Å². The highest BCUT2D eigenvalue weighted by molar-refractivity contribution is 7.15. The fraction of sp³-hybridized carbons (Fsp3) is 0.526. The summed E-state index contributed by atoms with van der Waals surface area (Å²) in [6.45, 7) is 3.36. The summed E-state index contributed by atoms with van der Waals surface area (Å²) >= 11 is 1.87. The molecule has 1 atom stereocenters. The fourth-order valence-corrected chi connectivity index (χ4v) is 4.87. The van der Waals surface area contributed by atoms with Crippen molar-refractivity contribution >= 4 is 17.4 Å². The van der Waals surface area contributed by atoms with E-state index in [1.165, 1.54) is 33.8 Å². The van der Waals surface area contributed by atoms with Gasteiger partial charge in [-0.3, -0.25) is 0 Å². The summed E-state index contributed by atoms with van der Waals surface area (Å²) in [7, 11) is 1.67. The largest absolute Gasteiger partial charge is 0.385 e. The van der Waals surface area contributed by atoms with Crippen LogP contribution < -0.4 is 10.6 Å². The van der Waals surface area contributed by atoms with Gasteiger partial charge in [-0.05, 0) is 56.7 Å². The monoisotopic (exact) mass is 361 g/mol. The highest BCUT2D eigenvalue weighted by Gasteiger charge is 2.25. The molecule has 2 amide bonds. The van der Waals surface area contributed by atoms with Gasteiger partial charge in [0.1, 0.15) is 5.00 Å². The Morgan fingerprint density at radius 2 is 2.08 bits per heavy atom. The van der Waals surface area contributed by atoms with Gasteiger partial charge in [-0.25, -0.2) is 4.79 Å². The molecule has 2 aromatic rings. The Morgan fingerprint density at radius 1 is 1.32 bits per heavy atom. The van der Waals surface area contributed by atoms with Gasteiger partial charge >= 0.3 is 6.03 Å². The maximum atomic E-state index is 12.2. The third-order valence-corrected chi connectivity index (χ3v) is 5.94. The summed E-state index contributed by atoms with van der Waals surface area (Å²) in [6.07, 6.45) is 9.75. The zero-order valence-electron chi connectivity index (χ0n) is 15.0. The molecule has 2 N–H and O–H groups in total. The first-order valence-corrected chi connectivity index (χ1v) is 9.83. The van der Waals surface area contributed by atoms with Gasteiger partial charge in [-0.2, -0.15) is 0 Å². The number of ether oxygens (including phenoxy) is 1. The molecule has 0 bridgehead atoms. The van der Waals surface area contributed by atoms with E-state index in [4.69, 9.17) is 4.74 Å². The summed E-state index contributed by atoms with van der Waals surface area (Å²) < 4.78 is 7.18. The van der Waals surface area contributed by atoms with Gasteiger partial charge in [0.15, 0.2) is 0 Å². The Labute approximate surface area is 153 Å². The molecular formula is C19H27N3O2S. The highest BCUT2D eigenvalue weighted by atomic mass is 32.1. The molecule has 2 heterocycles.